The maximum atomic E-state index is 10.2. The highest BCUT2D eigenvalue weighted by Crippen LogP contribution is 2.25. The summed E-state index contributed by atoms with van der Waals surface area (Å²) in [4.78, 5) is 0. The van der Waals surface area contributed by atoms with Crippen LogP contribution in [0.5, 0.6) is 11.5 Å². The number of methoxy groups -OCH3 is 1. The van der Waals surface area contributed by atoms with Crippen molar-refractivity contribution < 1.29 is 14.6 Å². The smallest absolute Gasteiger partial charge is 0.124 e. The minimum Gasteiger partial charge on any atom is -0.496 e. The molecule has 106 valence electrons. The van der Waals surface area contributed by atoms with Crippen molar-refractivity contribution in [1.82, 2.24) is 0 Å². The minimum atomic E-state index is -0.715. The van der Waals surface area contributed by atoms with Crippen LogP contribution in [0.25, 0.3) is 0 Å². The maximum Gasteiger partial charge on any atom is 0.124 e. The molecule has 1 atom stereocenters. The molecule has 0 aliphatic rings. The fourth-order valence-corrected chi connectivity index (χ4v) is 2.01. The Morgan fingerprint density at radius 2 is 1.80 bits per heavy atom. The molecule has 0 saturated carbocycles. The molecular formula is C17H20O3. The molecule has 0 radical (unpaired) electrons. The Labute approximate surface area is 119 Å². The van der Waals surface area contributed by atoms with Gasteiger partial charge < -0.3 is 14.6 Å². The summed E-state index contributed by atoms with van der Waals surface area (Å²) in [6.45, 7) is 4.30. The van der Waals surface area contributed by atoms with Crippen molar-refractivity contribution in [2.45, 2.75) is 20.0 Å². The van der Waals surface area contributed by atoms with Gasteiger partial charge in [0.15, 0.2) is 0 Å². The molecule has 0 fully saturated rings. The molecule has 1 unspecified atom stereocenters. The zero-order valence-corrected chi connectivity index (χ0v) is 12.1. The second-order valence-electron chi connectivity index (χ2n) is 4.81. The molecule has 1 N–H and O–H groups in total. The van der Waals surface area contributed by atoms with Gasteiger partial charge in [-0.05, 0) is 43.2 Å². The normalized spacial score (nSPS) is 12.0. The predicted molar refractivity (Wildman–Crippen MR) is 79.4 cm³/mol. The Morgan fingerprint density at radius 3 is 2.50 bits per heavy atom. The molecule has 2 aromatic carbocycles. The highest BCUT2D eigenvalue weighted by atomic mass is 16.5. The number of aliphatic hydroxyl groups is 1. The Kier molecular flexibility index (Phi) is 4.64. The zero-order valence-electron chi connectivity index (χ0n) is 12.1. The zero-order chi connectivity index (χ0) is 14.5. The van der Waals surface area contributed by atoms with Crippen LogP contribution in [-0.2, 0) is 0 Å². The van der Waals surface area contributed by atoms with Gasteiger partial charge in [-0.1, -0.05) is 24.3 Å². The van der Waals surface area contributed by atoms with Crippen molar-refractivity contribution in [3.05, 3.63) is 59.2 Å². The van der Waals surface area contributed by atoms with Crippen LogP contribution < -0.4 is 9.47 Å². The van der Waals surface area contributed by atoms with E-state index in [1.165, 1.54) is 11.1 Å². The molecule has 20 heavy (non-hydrogen) atoms. The van der Waals surface area contributed by atoms with Gasteiger partial charge in [-0.2, -0.15) is 0 Å². The largest absolute Gasteiger partial charge is 0.496 e. The Hall–Kier alpha value is -2.00. The first-order valence-electron chi connectivity index (χ1n) is 6.63. The molecule has 2 rings (SSSR count). The summed E-state index contributed by atoms with van der Waals surface area (Å²) in [6.07, 6.45) is -0.715. The van der Waals surface area contributed by atoms with Gasteiger partial charge in [0.1, 0.15) is 24.2 Å². The lowest BCUT2D eigenvalue weighted by Gasteiger charge is -2.16. The van der Waals surface area contributed by atoms with Gasteiger partial charge in [0.2, 0.25) is 0 Å². The van der Waals surface area contributed by atoms with Crippen LogP contribution in [0.1, 0.15) is 22.8 Å². The topological polar surface area (TPSA) is 38.7 Å². The van der Waals surface area contributed by atoms with E-state index in [1.54, 1.807) is 7.11 Å². The fourth-order valence-electron chi connectivity index (χ4n) is 2.01. The standard InChI is InChI=1S/C17H20O3/c1-12-8-9-14(10-13(12)2)20-11-16(18)15-6-4-5-7-17(15)19-3/h4-10,16,18H,11H2,1-3H3. The molecule has 0 aromatic heterocycles. The van der Waals surface area contributed by atoms with Crippen LogP contribution in [0.4, 0.5) is 0 Å². The molecule has 0 spiro atoms. The summed E-state index contributed by atoms with van der Waals surface area (Å²) >= 11 is 0. The monoisotopic (exact) mass is 272 g/mol. The van der Waals surface area contributed by atoms with Gasteiger partial charge >= 0.3 is 0 Å². The van der Waals surface area contributed by atoms with Crippen LogP contribution in [0, 0.1) is 13.8 Å². The average Bonchev–Trinajstić information content (AvgIpc) is 2.48. The molecule has 2 aromatic rings. The quantitative estimate of drug-likeness (QED) is 0.906. The van der Waals surface area contributed by atoms with Crippen molar-refractivity contribution in [2.75, 3.05) is 13.7 Å². The van der Waals surface area contributed by atoms with E-state index < -0.39 is 6.10 Å². The fraction of sp³-hybridized carbons (Fsp3) is 0.294. The highest BCUT2D eigenvalue weighted by molar-refractivity contribution is 5.36. The summed E-state index contributed by atoms with van der Waals surface area (Å²) in [6, 6.07) is 13.3. The van der Waals surface area contributed by atoms with E-state index in [0.29, 0.717) is 5.75 Å². The summed E-state index contributed by atoms with van der Waals surface area (Å²) in [5.41, 5.74) is 3.13. The SMILES string of the molecule is COc1ccccc1C(O)COc1ccc(C)c(C)c1. The second kappa shape index (κ2) is 6.44. The molecular weight excluding hydrogens is 252 g/mol. The predicted octanol–water partition coefficient (Wildman–Crippen LogP) is 3.42. The average molecular weight is 272 g/mol. The van der Waals surface area contributed by atoms with E-state index in [2.05, 4.69) is 6.92 Å². The van der Waals surface area contributed by atoms with Crippen LogP contribution in [-0.4, -0.2) is 18.8 Å². The summed E-state index contributed by atoms with van der Waals surface area (Å²) < 4.78 is 10.9. The third-order valence-corrected chi connectivity index (χ3v) is 3.38. The van der Waals surface area contributed by atoms with Gasteiger partial charge in [-0.15, -0.1) is 0 Å². The number of rotatable bonds is 5. The van der Waals surface area contributed by atoms with Gasteiger partial charge in [-0.25, -0.2) is 0 Å². The lowest BCUT2D eigenvalue weighted by Crippen LogP contribution is -2.11. The number of aryl methyl sites for hydroxylation is 2. The number of benzene rings is 2. The number of hydrogen-bond donors (Lipinski definition) is 1. The first-order valence-corrected chi connectivity index (χ1v) is 6.63. The first kappa shape index (κ1) is 14.4. The first-order chi connectivity index (χ1) is 9.61. The van der Waals surface area contributed by atoms with Crippen molar-refractivity contribution in [3.63, 3.8) is 0 Å². The third-order valence-electron chi connectivity index (χ3n) is 3.38. The third kappa shape index (κ3) is 3.31. The van der Waals surface area contributed by atoms with E-state index in [-0.39, 0.29) is 6.61 Å². The Bertz CT molecular complexity index is 578. The van der Waals surface area contributed by atoms with Gasteiger partial charge in [0.25, 0.3) is 0 Å². The van der Waals surface area contributed by atoms with Gasteiger partial charge in [0, 0.05) is 5.56 Å². The second-order valence-corrected chi connectivity index (χ2v) is 4.81. The molecule has 3 nitrogen and oxygen atoms in total. The minimum absolute atomic E-state index is 0.197. The molecule has 0 amide bonds. The maximum absolute atomic E-state index is 10.2. The van der Waals surface area contributed by atoms with E-state index in [9.17, 15) is 5.11 Å². The van der Waals surface area contributed by atoms with Crippen molar-refractivity contribution in [1.29, 1.82) is 0 Å². The number of para-hydroxylation sites is 1. The lowest BCUT2D eigenvalue weighted by molar-refractivity contribution is 0.105. The van der Waals surface area contributed by atoms with Crippen molar-refractivity contribution in [2.24, 2.45) is 0 Å². The molecule has 0 saturated heterocycles. The summed E-state index contributed by atoms with van der Waals surface area (Å²) in [5, 5.41) is 10.2. The molecule has 3 heteroatoms. The van der Waals surface area contributed by atoms with Crippen molar-refractivity contribution in [3.8, 4) is 11.5 Å². The number of hydrogen-bond acceptors (Lipinski definition) is 3. The Balaban J connectivity index is 2.04. The van der Waals surface area contributed by atoms with Crippen LogP contribution in [0.15, 0.2) is 42.5 Å². The van der Waals surface area contributed by atoms with E-state index in [1.807, 2.05) is 49.4 Å². The number of aliphatic hydroxyl groups excluding tert-OH is 1. The summed E-state index contributed by atoms with van der Waals surface area (Å²) in [5.74, 6) is 1.44. The van der Waals surface area contributed by atoms with E-state index >= 15 is 0 Å². The highest BCUT2D eigenvalue weighted by Gasteiger charge is 2.13. The van der Waals surface area contributed by atoms with Crippen LogP contribution in [0.2, 0.25) is 0 Å². The van der Waals surface area contributed by atoms with Crippen molar-refractivity contribution >= 4 is 0 Å². The number of ether oxygens (including phenoxy) is 2. The summed E-state index contributed by atoms with van der Waals surface area (Å²) in [7, 11) is 1.59. The molecule has 0 bridgehead atoms. The van der Waals surface area contributed by atoms with Gasteiger partial charge in [-0.3, -0.25) is 0 Å². The van der Waals surface area contributed by atoms with E-state index in [4.69, 9.17) is 9.47 Å². The molecule has 0 heterocycles. The molecule has 0 aliphatic carbocycles. The van der Waals surface area contributed by atoms with Gasteiger partial charge in [0.05, 0.1) is 7.11 Å². The van der Waals surface area contributed by atoms with E-state index in [0.717, 1.165) is 11.3 Å². The lowest BCUT2D eigenvalue weighted by atomic mass is 10.1. The van der Waals surface area contributed by atoms with Crippen LogP contribution >= 0.6 is 0 Å². The van der Waals surface area contributed by atoms with Crippen LogP contribution in [0.3, 0.4) is 0 Å². The molecule has 0 aliphatic heterocycles. The Morgan fingerprint density at radius 1 is 1.05 bits per heavy atom.